The van der Waals surface area contributed by atoms with Crippen molar-refractivity contribution in [2.24, 2.45) is 0 Å². The fraction of sp³-hybridized carbons (Fsp3) is 0.360. The summed E-state index contributed by atoms with van der Waals surface area (Å²) in [6, 6.07) is 15.7. The lowest BCUT2D eigenvalue weighted by Gasteiger charge is -2.24. The van der Waals surface area contributed by atoms with Gasteiger partial charge in [-0.05, 0) is 37.0 Å². The van der Waals surface area contributed by atoms with Gasteiger partial charge in [0.05, 0.1) is 11.1 Å². The van der Waals surface area contributed by atoms with Gasteiger partial charge in [-0.3, -0.25) is 24.1 Å². The number of carbonyl (C=O) groups excluding carboxylic acids is 4. The molecule has 1 atom stereocenters. The molecule has 7 nitrogen and oxygen atoms in total. The smallest absolute Gasteiger partial charge is 0.261 e. The van der Waals surface area contributed by atoms with Gasteiger partial charge in [0, 0.05) is 32.5 Å². The highest BCUT2D eigenvalue weighted by Crippen LogP contribution is 2.22. The third-order valence-electron chi connectivity index (χ3n) is 6.00. The van der Waals surface area contributed by atoms with Crippen LogP contribution in [-0.2, 0) is 16.0 Å². The van der Waals surface area contributed by atoms with Gasteiger partial charge < -0.3 is 10.2 Å². The molecule has 1 saturated heterocycles. The zero-order chi connectivity index (χ0) is 22.5. The Morgan fingerprint density at radius 2 is 1.47 bits per heavy atom. The first-order valence-electron chi connectivity index (χ1n) is 11.1. The Morgan fingerprint density at radius 3 is 2.09 bits per heavy atom. The molecular weight excluding hydrogens is 406 g/mol. The number of carbonyl (C=O) groups is 4. The molecule has 0 radical (unpaired) electrons. The SMILES string of the molecule is O=C(CCCN1C(=O)c2ccccc2C1=O)NC(Cc1ccccc1)C(=O)N1CCCC1. The van der Waals surface area contributed by atoms with E-state index in [0.29, 0.717) is 24.0 Å². The molecule has 7 heteroatoms. The Bertz CT molecular complexity index is 980. The van der Waals surface area contributed by atoms with Crippen LogP contribution in [0.3, 0.4) is 0 Å². The minimum atomic E-state index is -0.623. The van der Waals surface area contributed by atoms with Gasteiger partial charge in [-0.25, -0.2) is 0 Å². The highest BCUT2D eigenvalue weighted by molar-refractivity contribution is 6.21. The molecule has 4 rings (SSSR count). The third-order valence-corrected chi connectivity index (χ3v) is 6.00. The second kappa shape index (κ2) is 9.77. The number of fused-ring (bicyclic) bond motifs is 1. The molecule has 2 aromatic rings. The van der Waals surface area contributed by atoms with Crippen LogP contribution in [0.15, 0.2) is 54.6 Å². The van der Waals surface area contributed by atoms with E-state index in [9.17, 15) is 19.2 Å². The molecule has 2 aliphatic heterocycles. The molecule has 0 bridgehead atoms. The minimum Gasteiger partial charge on any atom is -0.344 e. The van der Waals surface area contributed by atoms with E-state index in [1.165, 1.54) is 4.90 Å². The van der Waals surface area contributed by atoms with Crippen molar-refractivity contribution in [3.63, 3.8) is 0 Å². The highest BCUT2D eigenvalue weighted by atomic mass is 16.2. The molecule has 0 aromatic heterocycles. The molecule has 0 saturated carbocycles. The van der Waals surface area contributed by atoms with Crippen molar-refractivity contribution in [2.75, 3.05) is 19.6 Å². The van der Waals surface area contributed by atoms with E-state index in [1.807, 2.05) is 35.2 Å². The Hall–Kier alpha value is -3.48. The van der Waals surface area contributed by atoms with Crippen LogP contribution in [-0.4, -0.2) is 59.1 Å². The zero-order valence-corrected chi connectivity index (χ0v) is 18.0. The van der Waals surface area contributed by atoms with Crippen molar-refractivity contribution in [3.8, 4) is 0 Å². The van der Waals surface area contributed by atoms with Gasteiger partial charge in [-0.15, -0.1) is 0 Å². The number of likely N-dealkylation sites (tertiary alicyclic amines) is 1. The summed E-state index contributed by atoms with van der Waals surface area (Å²) in [4.78, 5) is 53.6. The van der Waals surface area contributed by atoms with Crippen molar-refractivity contribution in [3.05, 3.63) is 71.3 Å². The molecule has 2 heterocycles. The summed E-state index contributed by atoms with van der Waals surface area (Å²) in [6.45, 7) is 1.61. The summed E-state index contributed by atoms with van der Waals surface area (Å²) in [7, 11) is 0. The number of hydrogen-bond donors (Lipinski definition) is 1. The number of rotatable bonds is 8. The van der Waals surface area contributed by atoms with Crippen LogP contribution in [0.4, 0.5) is 0 Å². The van der Waals surface area contributed by atoms with Crippen molar-refractivity contribution in [2.45, 2.75) is 38.1 Å². The van der Waals surface area contributed by atoms with Crippen LogP contribution >= 0.6 is 0 Å². The van der Waals surface area contributed by atoms with Crippen LogP contribution in [0.5, 0.6) is 0 Å². The maximum absolute atomic E-state index is 13.0. The van der Waals surface area contributed by atoms with E-state index in [2.05, 4.69) is 5.32 Å². The quantitative estimate of drug-likeness (QED) is 0.648. The predicted octanol–water partition coefficient (Wildman–Crippen LogP) is 2.41. The lowest BCUT2D eigenvalue weighted by molar-refractivity contribution is -0.135. The number of amides is 4. The number of nitrogens with one attached hydrogen (secondary N) is 1. The first-order valence-corrected chi connectivity index (χ1v) is 11.1. The average Bonchev–Trinajstić information content (AvgIpc) is 3.43. The minimum absolute atomic E-state index is 0.0555. The summed E-state index contributed by atoms with van der Waals surface area (Å²) in [5.74, 6) is -0.954. The zero-order valence-electron chi connectivity index (χ0n) is 18.0. The van der Waals surface area contributed by atoms with E-state index in [0.717, 1.165) is 31.5 Å². The predicted molar refractivity (Wildman–Crippen MR) is 119 cm³/mol. The first kappa shape index (κ1) is 21.7. The van der Waals surface area contributed by atoms with Gasteiger partial charge in [0.15, 0.2) is 0 Å². The van der Waals surface area contributed by atoms with Crippen LogP contribution in [0.1, 0.15) is 52.0 Å². The van der Waals surface area contributed by atoms with Crippen LogP contribution in [0.2, 0.25) is 0 Å². The Kier molecular flexibility index (Phi) is 6.63. The molecule has 166 valence electrons. The topological polar surface area (TPSA) is 86.8 Å². The average molecular weight is 434 g/mol. The number of imide groups is 1. The summed E-state index contributed by atoms with van der Waals surface area (Å²) in [5.41, 5.74) is 1.79. The van der Waals surface area contributed by atoms with Crippen molar-refractivity contribution >= 4 is 23.6 Å². The van der Waals surface area contributed by atoms with E-state index < -0.39 is 6.04 Å². The maximum Gasteiger partial charge on any atom is 0.261 e. The molecule has 32 heavy (non-hydrogen) atoms. The van der Waals surface area contributed by atoms with Crippen molar-refractivity contribution < 1.29 is 19.2 Å². The van der Waals surface area contributed by atoms with E-state index in [4.69, 9.17) is 0 Å². The summed E-state index contributed by atoms with van der Waals surface area (Å²) >= 11 is 0. The molecule has 2 aliphatic rings. The third kappa shape index (κ3) is 4.72. The fourth-order valence-electron chi connectivity index (χ4n) is 4.31. The molecule has 0 aliphatic carbocycles. The van der Waals surface area contributed by atoms with Crippen molar-refractivity contribution in [1.29, 1.82) is 0 Å². The van der Waals surface area contributed by atoms with Crippen molar-refractivity contribution in [1.82, 2.24) is 15.1 Å². The number of hydrogen-bond acceptors (Lipinski definition) is 4. The molecule has 2 aromatic carbocycles. The van der Waals surface area contributed by atoms with E-state index in [1.54, 1.807) is 24.3 Å². The summed E-state index contributed by atoms with van der Waals surface area (Å²) in [5, 5.41) is 2.89. The lowest BCUT2D eigenvalue weighted by Crippen LogP contribution is -2.49. The second-order valence-electron chi connectivity index (χ2n) is 8.25. The molecular formula is C25H27N3O4. The standard InChI is InChI=1S/C25H27N3O4/c29-22(13-8-16-28-23(30)19-11-4-5-12-20(19)24(28)31)26-21(17-18-9-2-1-3-10-18)25(32)27-14-6-7-15-27/h1-5,9-12,21H,6-8,13-17H2,(H,26,29). The Morgan fingerprint density at radius 1 is 0.875 bits per heavy atom. The summed E-state index contributed by atoms with van der Waals surface area (Å²) < 4.78 is 0. The van der Waals surface area contributed by atoms with Crippen LogP contribution in [0.25, 0.3) is 0 Å². The number of nitrogens with zero attached hydrogens (tertiary/aromatic N) is 2. The van der Waals surface area contributed by atoms with Gasteiger partial charge in [0.1, 0.15) is 6.04 Å². The molecule has 1 fully saturated rings. The summed E-state index contributed by atoms with van der Waals surface area (Å²) in [6.07, 6.45) is 2.87. The van der Waals surface area contributed by atoms with Gasteiger partial charge in [0.25, 0.3) is 11.8 Å². The highest BCUT2D eigenvalue weighted by Gasteiger charge is 2.34. The van der Waals surface area contributed by atoms with E-state index >= 15 is 0 Å². The normalized spacial score (nSPS) is 16.2. The Labute approximate surface area is 187 Å². The molecule has 0 spiro atoms. The molecule has 1 N–H and O–H groups in total. The van der Waals surface area contributed by atoms with Crippen LogP contribution in [0, 0.1) is 0 Å². The fourth-order valence-corrected chi connectivity index (χ4v) is 4.31. The maximum atomic E-state index is 13.0. The Balaban J connectivity index is 1.33. The van der Waals surface area contributed by atoms with Gasteiger partial charge >= 0.3 is 0 Å². The van der Waals surface area contributed by atoms with E-state index in [-0.39, 0.29) is 36.6 Å². The number of benzene rings is 2. The largest absolute Gasteiger partial charge is 0.344 e. The molecule has 1 unspecified atom stereocenters. The van der Waals surface area contributed by atoms with Gasteiger partial charge in [0.2, 0.25) is 11.8 Å². The van der Waals surface area contributed by atoms with Gasteiger partial charge in [-0.1, -0.05) is 42.5 Å². The first-order chi connectivity index (χ1) is 15.5. The van der Waals surface area contributed by atoms with Gasteiger partial charge in [-0.2, -0.15) is 0 Å². The lowest BCUT2D eigenvalue weighted by atomic mass is 10.0. The van der Waals surface area contributed by atoms with Crippen LogP contribution < -0.4 is 5.32 Å². The second-order valence-corrected chi connectivity index (χ2v) is 8.25. The monoisotopic (exact) mass is 433 g/mol. The molecule has 4 amide bonds.